The van der Waals surface area contributed by atoms with Gasteiger partial charge in [0, 0.05) is 29.1 Å². The molecule has 1 aromatic carbocycles. The quantitative estimate of drug-likeness (QED) is 0.719. The highest BCUT2D eigenvalue weighted by Gasteiger charge is 2.32. The number of fused-ring (bicyclic) bond motifs is 2. The Kier molecular flexibility index (Phi) is 3.68. The Morgan fingerprint density at radius 3 is 3.00 bits per heavy atom. The topological polar surface area (TPSA) is 60.7 Å². The van der Waals surface area contributed by atoms with Gasteiger partial charge in [0.1, 0.15) is 18.2 Å². The van der Waals surface area contributed by atoms with Crippen LogP contribution in [-0.2, 0) is 6.61 Å². The monoisotopic (exact) mass is 358 g/mol. The first-order valence-electron chi connectivity index (χ1n) is 7.91. The lowest BCUT2D eigenvalue weighted by molar-refractivity contribution is 0.0986. The molecule has 0 aliphatic heterocycles. The van der Waals surface area contributed by atoms with E-state index in [1.165, 1.54) is 33.9 Å². The summed E-state index contributed by atoms with van der Waals surface area (Å²) in [6.07, 6.45) is 0.284. The fourth-order valence-electron chi connectivity index (χ4n) is 3.27. The molecule has 0 fully saturated rings. The predicted molar refractivity (Wildman–Crippen MR) is 92.2 cm³/mol. The Morgan fingerprint density at radius 2 is 2.20 bits per heavy atom. The zero-order chi connectivity index (χ0) is 17.7. The van der Waals surface area contributed by atoms with Crippen molar-refractivity contribution in [2.24, 2.45) is 0 Å². The summed E-state index contributed by atoms with van der Waals surface area (Å²) in [5.74, 6) is -0.309. The Hall–Kier alpha value is -2.54. The molecule has 0 amide bonds. The molecule has 0 radical (unpaired) electrons. The van der Waals surface area contributed by atoms with E-state index >= 15 is 0 Å². The van der Waals surface area contributed by atoms with Crippen LogP contribution >= 0.6 is 11.3 Å². The second kappa shape index (κ2) is 5.77. The number of carbonyl (C=O) groups is 1. The van der Waals surface area contributed by atoms with Crippen molar-refractivity contribution < 1.29 is 13.9 Å². The van der Waals surface area contributed by atoms with E-state index in [0.717, 1.165) is 5.69 Å². The molecule has 25 heavy (non-hydrogen) atoms. The maximum Gasteiger partial charge on any atom is 0.259 e. The maximum atomic E-state index is 14.0. The van der Waals surface area contributed by atoms with Gasteiger partial charge in [0.05, 0.1) is 11.3 Å². The first-order chi connectivity index (χ1) is 12.0. The van der Waals surface area contributed by atoms with Crippen molar-refractivity contribution >= 4 is 22.1 Å². The lowest BCUT2D eigenvalue weighted by atomic mass is 10.0. The highest BCUT2D eigenvalue weighted by molar-refractivity contribution is 7.15. The number of aryl methyl sites for hydroxylation is 1. The highest BCUT2D eigenvalue weighted by Crippen LogP contribution is 2.39. The van der Waals surface area contributed by atoms with Crippen LogP contribution in [0.1, 0.15) is 46.6 Å². The number of ketones is 1. The number of carbonyl (C=O) groups excluding carboxylic acids is 1. The first kappa shape index (κ1) is 16.0. The number of rotatable bonds is 3. The van der Waals surface area contributed by atoms with Gasteiger partial charge in [-0.05, 0) is 25.0 Å². The Bertz CT molecular complexity index is 1070. The molecule has 1 aliphatic rings. The van der Waals surface area contributed by atoms with Crippen molar-refractivity contribution in [3.8, 4) is 5.75 Å². The van der Waals surface area contributed by atoms with Crippen LogP contribution in [0.5, 0.6) is 5.75 Å². The molecular weight excluding hydrogens is 343 g/mol. The number of thiazole rings is 1. The minimum absolute atomic E-state index is 0.0441. The van der Waals surface area contributed by atoms with E-state index in [1.54, 1.807) is 0 Å². The fraction of sp³-hybridized carbons (Fsp3) is 0.278. The number of ether oxygens (including phenoxy) is 1. The van der Waals surface area contributed by atoms with Crippen LogP contribution in [0.2, 0.25) is 0 Å². The average molecular weight is 358 g/mol. The van der Waals surface area contributed by atoms with Gasteiger partial charge in [-0.15, -0.1) is 11.3 Å². The Balaban J connectivity index is 1.67. The van der Waals surface area contributed by atoms with E-state index in [2.05, 4.69) is 4.98 Å². The molecular formula is C18H15FN2O3S. The second-order valence-electron chi connectivity index (χ2n) is 6.23. The zero-order valence-corrected chi connectivity index (χ0v) is 14.5. The van der Waals surface area contributed by atoms with Gasteiger partial charge in [-0.3, -0.25) is 14.0 Å². The van der Waals surface area contributed by atoms with Gasteiger partial charge in [0.25, 0.3) is 5.56 Å². The van der Waals surface area contributed by atoms with E-state index in [1.807, 2.05) is 19.2 Å². The van der Waals surface area contributed by atoms with E-state index in [9.17, 15) is 14.0 Å². The summed E-state index contributed by atoms with van der Waals surface area (Å²) in [7, 11) is 0. The molecule has 0 bridgehead atoms. The number of hydrogen-bond acceptors (Lipinski definition) is 5. The molecule has 0 saturated carbocycles. The summed E-state index contributed by atoms with van der Waals surface area (Å²) in [6.45, 7) is 3.71. The lowest BCUT2D eigenvalue weighted by Crippen LogP contribution is -2.16. The van der Waals surface area contributed by atoms with Crippen molar-refractivity contribution in [3.63, 3.8) is 0 Å². The minimum Gasteiger partial charge on any atom is -0.487 e. The van der Waals surface area contributed by atoms with Crippen LogP contribution in [0.25, 0.3) is 4.96 Å². The van der Waals surface area contributed by atoms with Crippen molar-refractivity contribution in [3.05, 3.63) is 62.3 Å². The fourth-order valence-corrected chi connectivity index (χ4v) is 4.16. The third-order valence-electron chi connectivity index (χ3n) is 4.42. The van der Waals surface area contributed by atoms with Gasteiger partial charge in [0.15, 0.2) is 10.7 Å². The summed E-state index contributed by atoms with van der Waals surface area (Å²) >= 11 is 1.38. The molecule has 1 aliphatic carbocycles. The van der Waals surface area contributed by atoms with E-state index in [-0.39, 0.29) is 36.1 Å². The van der Waals surface area contributed by atoms with Gasteiger partial charge in [-0.2, -0.15) is 0 Å². The largest absolute Gasteiger partial charge is 0.487 e. The molecule has 0 unspecified atom stereocenters. The van der Waals surface area contributed by atoms with Crippen LogP contribution in [0.15, 0.2) is 28.4 Å². The summed E-state index contributed by atoms with van der Waals surface area (Å²) < 4.78 is 21.3. The molecule has 0 N–H and O–H groups in total. The minimum atomic E-state index is -0.382. The number of nitrogens with zero attached hydrogens (tertiary/aromatic N) is 2. The van der Waals surface area contributed by atoms with Crippen molar-refractivity contribution in [2.75, 3.05) is 0 Å². The molecule has 1 atom stereocenters. The zero-order valence-electron chi connectivity index (χ0n) is 13.7. The molecule has 0 spiro atoms. The maximum absolute atomic E-state index is 14.0. The number of aromatic nitrogens is 2. The van der Waals surface area contributed by atoms with Crippen molar-refractivity contribution in [1.29, 1.82) is 0 Å². The van der Waals surface area contributed by atoms with Crippen LogP contribution in [0, 0.1) is 12.7 Å². The number of hydrogen-bond donors (Lipinski definition) is 0. The number of halogens is 1. The molecule has 3 aromatic rings. The highest BCUT2D eigenvalue weighted by atomic mass is 32.1. The molecule has 2 aromatic heterocycles. The van der Waals surface area contributed by atoms with Gasteiger partial charge in [-0.25, -0.2) is 9.37 Å². The average Bonchev–Trinajstić information content (AvgIpc) is 3.08. The molecule has 5 nitrogen and oxygen atoms in total. The van der Waals surface area contributed by atoms with Gasteiger partial charge in [-0.1, -0.05) is 6.92 Å². The third-order valence-corrected chi connectivity index (χ3v) is 5.37. The molecule has 4 rings (SSSR count). The van der Waals surface area contributed by atoms with Crippen LogP contribution in [0.3, 0.4) is 0 Å². The van der Waals surface area contributed by atoms with E-state index < -0.39 is 0 Å². The second-order valence-corrected chi connectivity index (χ2v) is 7.07. The number of benzene rings is 1. The van der Waals surface area contributed by atoms with E-state index in [4.69, 9.17) is 4.74 Å². The number of Topliss-reactive ketones (excluding diaryl/α,β-unsaturated/α-hetero) is 1. The Labute approximate surface area is 146 Å². The van der Waals surface area contributed by atoms with Crippen molar-refractivity contribution in [1.82, 2.24) is 9.38 Å². The molecule has 2 heterocycles. The lowest BCUT2D eigenvalue weighted by Gasteiger charge is -2.11. The summed E-state index contributed by atoms with van der Waals surface area (Å²) in [5, 5.41) is 1.86. The summed E-state index contributed by atoms with van der Waals surface area (Å²) in [6, 6.07) is 4.20. The van der Waals surface area contributed by atoms with Gasteiger partial charge in [0.2, 0.25) is 0 Å². The SMILES string of the molecule is Cc1csc2nc(COc3ccc(F)c4c3C(=O)C[C@H]4C)cc(=O)n12. The molecule has 0 saturated heterocycles. The first-order valence-corrected chi connectivity index (χ1v) is 8.79. The summed E-state index contributed by atoms with van der Waals surface area (Å²) in [4.78, 5) is 29.4. The van der Waals surface area contributed by atoms with Crippen LogP contribution < -0.4 is 10.3 Å². The van der Waals surface area contributed by atoms with Crippen LogP contribution in [-0.4, -0.2) is 15.2 Å². The van der Waals surface area contributed by atoms with Crippen LogP contribution in [0.4, 0.5) is 4.39 Å². The smallest absolute Gasteiger partial charge is 0.259 e. The Morgan fingerprint density at radius 1 is 1.40 bits per heavy atom. The van der Waals surface area contributed by atoms with Gasteiger partial charge < -0.3 is 4.74 Å². The molecule has 128 valence electrons. The van der Waals surface area contributed by atoms with E-state index in [0.29, 0.717) is 27.5 Å². The van der Waals surface area contributed by atoms with Crippen molar-refractivity contribution in [2.45, 2.75) is 32.8 Å². The van der Waals surface area contributed by atoms with Gasteiger partial charge >= 0.3 is 0 Å². The third kappa shape index (κ3) is 2.55. The summed E-state index contributed by atoms with van der Waals surface area (Å²) in [5.41, 5.74) is 1.87. The molecule has 7 heteroatoms. The standard InChI is InChI=1S/C18H15FN2O3S/c1-9-5-13(22)17-14(4-3-12(19)16(9)17)24-7-11-6-15(23)21-10(2)8-25-18(21)20-11/h3-4,6,8-9H,5,7H2,1-2H3/t9-/m1/s1. The predicted octanol–water partition coefficient (Wildman–Crippen LogP) is 3.47. The normalized spacial score (nSPS) is 16.4.